The van der Waals surface area contributed by atoms with Crippen molar-refractivity contribution in [1.29, 1.82) is 0 Å². The van der Waals surface area contributed by atoms with Crippen LogP contribution in [0.1, 0.15) is 40.8 Å². The topological polar surface area (TPSA) is 49.0 Å². The van der Waals surface area contributed by atoms with Gasteiger partial charge >= 0.3 is 0 Å². The Morgan fingerprint density at radius 1 is 1.07 bits per heavy atom. The Morgan fingerprint density at radius 3 is 2.73 bits per heavy atom. The summed E-state index contributed by atoms with van der Waals surface area (Å²) < 4.78 is 13.5. The lowest BCUT2D eigenvalue weighted by atomic mass is 10.0. The van der Waals surface area contributed by atoms with Crippen LogP contribution in [0.2, 0.25) is 0 Å². The lowest BCUT2D eigenvalue weighted by Crippen LogP contribution is -2.31. The molecule has 30 heavy (non-hydrogen) atoms. The van der Waals surface area contributed by atoms with Crippen molar-refractivity contribution in [3.8, 4) is 11.1 Å². The van der Waals surface area contributed by atoms with Gasteiger partial charge in [-0.1, -0.05) is 30.3 Å². The number of aromatic nitrogens is 2. The van der Waals surface area contributed by atoms with E-state index in [0.29, 0.717) is 17.8 Å². The third kappa shape index (κ3) is 3.36. The zero-order chi connectivity index (χ0) is 20.7. The third-order valence-corrected chi connectivity index (χ3v) is 5.75. The van der Waals surface area contributed by atoms with Gasteiger partial charge in [-0.05, 0) is 67.3 Å². The number of H-pyrrole nitrogens is 1. The van der Waals surface area contributed by atoms with Crippen LogP contribution in [0.4, 0.5) is 4.39 Å². The number of nitrogens with one attached hydrogen (secondary N) is 1. The highest BCUT2D eigenvalue weighted by molar-refractivity contribution is 5.98. The maximum Gasteiger partial charge on any atom is 0.270 e. The van der Waals surface area contributed by atoms with Crippen molar-refractivity contribution < 1.29 is 9.18 Å². The Bertz CT molecular complexity index is 1230. The van der Waals surface area contributed by atoms with Gasteiger partial charge in [0.05, 0.1) is 11.7 Å². The SMILES string of the molecule is Cc1cc(-c2ccccc2)cc(C2CCCN2C(=O)c2cc3ccc(F)cc3[nH]2)n1. The van der Waals surface area contributed by atoms with Crippen molar-refractivity contribution in [2.75, 3.05) is 6.54 Å². The summed E-state index contributed by atoms with van der Waals surface area (Å²) in [5.41, 5.74) is 5.22. The number of pyridine rings is 1. The molecule has 0 aliphatic carbocycles. The quantitative estimate of drug-likeness (QED) is 0.484. The number of amides is 1. The molecule has 0 saturated carbocycles. The molecule has 4 aromatic rings. The van der Waals surface area contributed by atoms with Crippen LogP contribution in [0.3, 0.4) is 0 Å². The molecule has 1 N–H and O–H groups in total. The summed E-state index contributed by atoms with van der Waals surface area (Å²) in [6, 6.07) is 20.6. The van der Waals surface area contributed by atoms with Crippen molar-refractivity contribution in [3.05, 3.63) is 89.6 Å². The highest BCUT2D eigenvalue weighted by atomic mass is 19.1. The maximum atomic E-state index is 13.5. The van der Waals surface area contributed by atoms with E-state index in [1.165, 1.54) is 12.1 Å². The summed E-state index contributed by atoms with van der Waals surface area (Å²) in [7, 11) is 0. The maximum absolute atomic E-state index is 13.5. The normalized spacial score (nSPS) is 16.3. The van der Waals surface area contributed by atoms with Crippen molar-refractivity contribution in [3.63, 3.8) is 0 Å². The number of aromatic amines is 1. The van der Waals surface area contributed by atoms with E-state index in [1.807, 2.05) is 30.0 Å². The fourth-order valence-electron chi connectivity index (χ4n) is 4.35. The van der Waals surface area contributed by atoms with E-state index in [4.69, 9.17) is 4.98 Å². The number of nitrogens with zero attached hydrogens (tertiary/aromatic N) is 2. The Kier molecular flexibility index (Phi) is 4.58. The second-order valence-electron chi connectivity index (χ2n) is 7.86. The summed E-state index contributed by atoms with van der Waals surface area (Å²) in [5.74, 6) is -0.390. The summed E-state index contributed by atoms with van der Waals surface area (Å²) in [4.78, 5) is 23.0. The van der Waals surface area contributed by atoms with Gasteiger partial charge in [0.25, 0.3) is 5.91 Å². The van der Waals surface area contributed by atoms with Gasteiger partial charge in [-0.2, -0.15) is 0 Å². The van der Waals surface area contributed by atoms with Crippen LogP contribution in [-0.4, -0.2) is 27.3 Å². The zero-order valence-electron chi connectivity index (χ0n) is 16.7. The van der Waals surface area contributed by atoms with Gasteiger partial charge in [-0.3, -0.25) is 9.78 Å². The van der Waals surface area contributed by atoms with Crippen molar-refractivity contribution >= 4 is 16.8 Å². The Morgan fingerprint density at radius 2 is 1.90 bits per heavy atom. The van der Waals surface area contributed by atoms with Gasteiger partial charge in [0.2, 0.25) is 0 Å². The minimum atomic E-state index is -0.320. The number of benzene rings is 2. The summed E-state index contributed by atoms with van der Waals surface area (Å²) in [5, 5.41) is 0.829. The van der Waals surface area contributed by atoms with Crippen LogP contribution in [-0.2, 0) is 0 Å². The first-order valence-electron chi connectivity index (χ1n) is 10.2. The van der Waals surface area contributed by atoms with Gasteiger partial charge in [-0.25, -0.2) is 4.39 Å². The van der Waals surface area contributed by atoms with Crippen LogP contribution in [0.5, 0.6) is 0 Å². The minimum absolute atomic E-state index is 0.0667. The lowest BCUT2D eigenvalue weighted by Gasteiger charge is -2.24. The fraction of sp³-hybridized carbons (Fsp3) is 0.200. The molecule has 1 fully saturated rings. The van der Waals surface area contributed by atoms with Crippen LogP contribution in [0.25, 0.3) is 22.0 Å². The number of carbonyl (C=O) groups is 1. The second kappa shape index (κ2) is 7.41. The highest BCUT2D eigenvalue weighted by Crippen LogP contribution is 2.34. The molecule has 0 spiro atoms. The first-order chi connectivity index (χ1) is 14.6. The number of hydrogen-bond donors (Lipinski definition) is 1. The smallest absolute Gasteiger partial charge is 0.270 e. The number of rotatable bonds is 3. The number of halogens is 1. The van der Waals surface area contributed by atoms with Crippen LogP contribution in [0.15, 0.2) is 66.7 Å². The van der Waals surface area contributed by atoms with Crippen LogP contribution >= 0.6 is 0 Å². The molecular weight excluding hydrogens is 377 g/mol. The number of likely N-dealkylation sites (tertiary alicyclic amines) is 1. The first-order valence-corrected chi connectivity index (χ1v) is 10.2. The lowest BCUT2D eigenvalue weighted by molar-refractivity contribution is 0.0728. The molecule has 1 amide bonds. The first kappa shape index (κ1) is 18.6. The number of fused-ring (bicyclic) bond motifs is 1. The van der Waals surface area contributed by atoms with Gasteiger partial charge in [0.15, 0.2) is 0 Å². The monoisotopic (exact) mass is 399 g/mol. The standard InChI is InChI=1S/C25H22FN3O/c1-16-12-19(17-6-3-2-4-7-17)14-22(27-16)24-8-5-11-29(24)25(30)23-13-18-9-10-20(26)15-21(18)28-23/h2-4,6-7,9-10,12-15,24,28H,5,8,11H2,1H3. The van der Waals surface area contributed by atoms with Gasteiger partial charge in [0.1, 0.15) is 11.5 Å². The van der Waals surface area contributed by atoms with Gasteiger partial charge in [-0.15, -0.1) is 0 Å². The molecule has 5 rings (SSSR count). The van der Waals surface area contributed by atoms with Crippen LogP contribution in [0, 0.1) is 12.7 Å². The van der Waals surface area contributed by atoms with E-state index in [1.54, 1.807) is 12.1 Å². The molecule has 2 aromatic heterocycles. The fourth-order valence-corrected chi connectivity index (χ4v) is 4.35. The van der Waals surface area contributed by atoms with Gasteiger partial charge in [0, 0.05) is 23.1 Å². The molecule has 1 aliphatic rings. The average molecular weight is 399 g/mol. The Balaban J connectivity index is 1.49. The Labute approximate surface area is 174 Å². The molecule has 1 aliphatic heterocycles. The van der Waals surface area contributed by atoms with E-state index in [0.717, 1.165) is 40.7 Å². The molecule has 1 unspecified atom stereocenters. The third-order valence-electron chi connectivity index (χ3n) is 5.75. The number of carbonyl (C=O) groups excluding carboxylic acids is 1. The van der Waals surface area contributed by atoms with E-state index in [9.17, 15) is 9.18 Å². The number of hydrogen-bond acceptors (Lipinski definition) is 2. The van der Waals surface area contributed by atoms with Crippen molar-refractivity contribution in [2.45, 2.75) is 25.8 Å². The second-order valence-corrected chi connectivity index (χ2v) is 7.86. The highest BCUT2D eigenvalue weighted by Gasteiger charge is 2.32. The van der Waals surface area contributed by atoms with Gasteiger partial charge < -0.3 is 9.88 Å². The van der Waals surface area contributed by atoms with E-state index in [-0.39, 0.29) is 17.8 Å². The van der Waals surface area contributed by atoms with E-state index >= 15 is 0 Å². The summed E-state index contributed by atoms with van der Waals surface area (Å²) >= 11 is 0. The predicted octanol–water partition coefficient (Wildman–Crippen LogP) is 5.65. The van der Waals surface area contributed by atoms with Crippen molar-refractivity contribution in [2.24, 2.45) is 0 Å². The van der Waals surface area contributed by atoms with E-state index < -0.39 is 0 Å². The molecular formula is C25H22FN3O. The molecule has 1 saturated heterocycles. The number of aryl methyl sites for hydroxylation is 1. The zero-order valence-corrected chi connectivity index (χ0v) is 16.7. The summed E-state index contributed by atoms with van der Waals surface area (Å²) in [6.07, 6.45) is 1.81. The minimum Gasteiger partial charge on any atom is -0.350 e. The molecule has 2 aromatic carbocycles. The largest absolute Gasteiger partial charge is 0.350 e. The van der Waals surface area contributed by atoms with Crippen molar-refractivity contribution in [1.82, 2.24) is 14.9 Å². The van der Waals surface area contributed by atoms with E-state index in [2.05, 4.69) is 29.2 Å². The predicted molar refractivity (Wildman–Crippen MR) is 116 cm³/mol. The molecule has 1 atom stereocenters. The molecule has 0 bridgehead atoms. The molecule has 3 heterocycles. The molecule has 5 heteroatoms. The Hall–Kier alpha value is -3.47. The molecule has 0 radical (unpaired) electrons. The molecule has 150 valence electrons. The average Bonchev–Trinajstić information content (AvgIpc) is 3.40. The summed E-state index contributed by atoms with van der Waals surface area (Å²) in [6.45, 7) is 2.67. The van der Waals surface area contributed by atoms with Crippen LogP contribution < -0.4 is 0 Å². The molecule has 4 nitrogen and oxygen atoms in total.